The molecule has 0 aromatic carbocycles. The quantitative estimate of drug-likeness (QED) is 0.401. The molecule has 6 heteroatoms. The van der Waals surface area contributed by atoms with Gasteiger partial charge in [0.2, 0.25) is 0 Å². The van der Waals surface area contributed by atoms with Crippen molar-refractivity contribution in [3.8, 4) is 0 Å². The Kier molecular flexibility index (Phi) is 3.58. The maximum atomic E-state index is 6.38. The molecule has 2 unspecified atom stereocenters. The minimum Gasteiger partial charge on any atom is -0.405 e. The topological polar surface area (TPSA) is 9.23 Å². The van der Waals surface area contributed by atoms with Crippen LogP contribution in [0.2, 0.25) is 19.1 Å². The van der Waals surface area contributed by atoms with E-state index in [-0.39, 0.29) is 4.46 Å². The van der Waals surface area contributed by atoms with Gasteiger partial charge in [-0.25, -0.2) is 0 Å². The molecule has 2 atom stereocenters. The maximum Gasteiger partial charge on any atom is 0.272 e. The zero-order valence-corrected chi connectivity index (χ0v) is 11.5. The molecule has 0 amide bonds. The van der Waals surface area contributed by atoms with Gasteiger partial charge in [0.15, 0.2) is 0 Å². The van der Waals surface area contributed by atoms with E-state index >= 15 is 0 Å². The van der Waals surface area contributed by atoms with Crippen molar-refractivity contribution in [3.63, 3.8) is 0 Å². The van der Waals surface area contributed by atoms with E-state index < -0.39 is 14.7 Å². The lowest BCUT2D eigenvalue weighted by atomic mass is 10.5. The number of alkyl halides is 2. The highest BCUT2D eigenvalue weighted by Crippen LogP contribution is 2.38. The monoisotopic (exact) mass is 262 g/mol. The van der Waals surface area contributed by atoms with Gasteiger partial charge in [-0.2, -0.15) is 0 Å². The molecule has 12 heavy (non-hydrogen) atoms. The van der Waals surface area contributed by atoms with Gasteiger partial charge in [-0.15, -0.1) is 34.3 Å². The van der Waals surface area contributed by atoms with Gasteiger partial charge in [0, 0.05) is 6.61 Å². The predicted octanol–water partition coefficient (Wildman–Crippen LogP) is 3.22. The minimum atomic E-state index is -2.06. The Labute approximate surface area is 90.0 Å². The second-order valence-electron chi connectivity index (χ2n) is 3.59. The number of hydrogen-bond donors (Lipinski definition) is 0. The Morgan fingerprint density at radius 1 is 1.33 bits per heavy atom. The second-order valence-corrected chi connectivity index (χ2v) is 20.9. The van der Waals surface area contributed by atoms with Gasteiger partial charge in [-0.3, -0.25) is 0 Å². The lowest BCUT2D eigenvalue weighted by molar-refractivity contribution is 0.315. The van der Waals surface area contributed by atoms with E-state index in [2.05, 4.69) is 6.55 Å². The largest absolute Gasteiger partial charge is 0.405 e. The molecule has 1 aliphatic heterocycles. The Hall–Kier alpha value is 1.26. The predicted molar refractivity (Wildman–Crippen MR) is 60.0 cm³/mol. The van der Waals surface area contributed by atoms with E-state index in [1.54, 1.807) is 0 Å². The Bertz CT molecular complexity index is 176. The lowest BCUT2D eigenvalue weighted by Gasteiger charge is -2.42. The molecule has 0 aromatic heterocycles. The van der Waals surface area contributed by atoms with Crippen molar-refractivity contribution in [3.05, 3.63) is 0 Å². The van der Waals surface area contributed by atoms with Crippen LogP contribution in [0.5, 0.6) is 0 Å². The molecule has 0 radical (unpaired) electrons. The Balaban J connectivity index is 2.84. The SMILES string of the molecule is C[Si]1(Cl)OCCC[Si]1(C)C(Cl)Cl. The number of hydrogen-bond acceptors (Lipinski definition) is 1. The smallest absolute Gasteiger partial charge is 0.272 e. The van der Waals surface area contributed by atoms with E-state index in [4.69, 9.17) is 38.7 Å². The maximum absolute atomic E-state index is 6.38. The van der Waals surface area contributed by atoms with Crippen molar-refractivity contribution in [1.29, 1.82) is 0 Å². The highest BCUT2D eigenvalue weighted by molar-refractivity contribution is 7.58. The molecule has 0 aliphatic carbocycles. The summed E-state index contributed by atoms with van der Waals surface area (Å²) < 4.78 is 5.35. The van der Waals surface area contributed by atoms with Gasteiger partial charge in [-0.05, 0) is 13.0 Å². The third-order valence-corrected chi connectivity index (χ3v) is 24.2. The molecule has 1 rings (SSSR count). The summed E-state index contributed by atoms with van der Waals surface area (Å²) in [6.07, 6.45) is 1.06. The fraction of sp³-hybridized carbons (Fsp3) is 1.00. The Morgan fingerprint density at radius 3 is 2.25 bits per heavy atom. The van der Waals surface area contributed by atoms with Crippen LogP contribution in [0.15, 0.2) is 0 Å². The van der Waals surface area contributed by atoms with E-state index in [9.17, 15) is 0 Å². The average Bonchev–Trinajstić information content (AvgIpc) is 1.95. The molecular formula is C6H13Cl3OSi2. The molecule has 1 saturated heterocycles. The molecule has 0 N–H and O–H groups in total. The summed E-state index contributed by atoms with van der Waals surface area (Å²) in [5, 5.41) is 0. The minimum absolute atomic E-state index is 0.285. The zero-order chi connectivity index (χ0) is 9.41. The standard InChI is InChI=1S/C6H13Cl3OSi2/c1-11(6(7)8)5-3-4-10-12(11,2)9/h6H,3-5H2,1-2H3. The summed E-state index contributed by atoms with van der Waals surface area (Å²) in [4.78, 5) is 0. The van der Waals surface area contributed by atoms with E-state index in [1.807, 2.05) is 6.55 Å². The van der Waals surface area contributed by atoms with Crippen molar-refractivity contribution in [2.45, 2.75) is 30.0 Å². The van der Waals surface area contributed by atoms with Gasteiger partial charge in [-0.1, -0.05) is 12.6 Å². The summed E-state index contributed by atoms with van der Waals surface area (Å²) in [7, 11) is -3.79. The van der Waals surface area contributed by atoms with Crippen LogP contribution in [0.1, 0.15) is 6.42 Å². The number of halogens is 3. The first-order valence-electron chi connectivity index (χ1n) is 4.01. The van der Waals surface area contributed by atoms with Gasteiger partial charge >= 0.3 is 0 Å². The van der Waals surface area contributed by atoms with Gasteiger partial charge in [0.1, 0.15) is 7.59 Å². The average molecular weight is 264 g/mol. The van der Waals surface area contributed by atoms with Crippen LogP contribution in [0.4, 0.5) is 0 Å². The highest BCUT2D eigenvalue weighted by atomic mass is 35.6. The molecular weight excluding hydrogens is 251 g/mol. The summed E-state index contributed by atoms with van der Waals surface area (Å²) in [6.45, 7) is 4.98. The van der Waals surface area contributed by atoms with Gasteiger partial charge < -0.3 is 4.43 Å². The molecule has 0 saturated carbocycles. The van der Waals surface area contributed by atoms with Crippen molar-refractivity contribution in [2.75, 3.05) is 6.61 Å². The normalized spacial score (nSPS) is 43.5. The molecule has 1 aliphatic rings. The number of rotatable bonds is 1. The van der Waals surface area contributed by atoms with Gasteiger partial charge in [0.05, 0.1) is 4.46 Å². The van der Waals surface area contributed by atoms with Crippen molar-refractivity contribution < 1.29 is 4.43 Å². The second kappa shape index (κ2) is 3.79. The molecule has 1 heterocycles. The fourth-order valence-corrected chi connectivity index (χ4v) is 16.0. The summed E-state index contributed by atoms with van der Waals surface area (Å²) >= 11 is 18.3. The zero-order valence-electron chi connectivity index (χ0n) is 7.24. The highest BCUT2D eigenvalue weighted by Gasteiger charge is 2.55. The first-order valence-corrected chi connectivity index (χ1v) is 12.1. The van der Waals surface area contributed by atoms with Crippen LogP contribution in [0.25, 0.3) is 0 Å². The van der Waals surface area contributed by atoms with Crippen LogP contribution in [0, 0.1) is 0 Å². The van der Waals surface area contributed by atoms with E-state index in [1.165, 1.54) is 0 Å². The Morgan fingerprint density at radius 2 is 1.92 bits per heavy atom. The third-order valence-electron chi connectivity index (χ3n) is 2.72. The molecule has 1 nitrogen and oxygen atoms in total. The molecule has 0 spiro atoms. The summed E-state index contributed by atoms with van der Waals surface area (Å²) in [6, 6.07) is 1.11. The van der Waals surface area contributed by atoms with Crippen molar-refractivity contribution in [2.24, 2.45) is 0 Å². The van der Waals surface area contributed by atoms with E-state index in [0.717, 1.165) is 19.1 Å². The molecule has 72 valence electrons. The van der Waals surface area contributed by atoms with Crippen LogP contribution < -0.4 is 0 Å². The lowest BCUT2D eigenvalue weighted by Crippen LogP contribution is -2.64. The fourth-order valence-electron chi connectivity index (χ4n) is 1.40. The molecule has 0 aromatic rings. The van der Waals surface area contributed by atoms with Crippen molar-refractivity contribution in [1.82, 2.24) is 0 Å². The first-order chi connectivity index (χ1) is 5.40. The van der Waals surface area contributed by atoms with E-state index in [0.29, 0.717) is 0 Å². The third kappa shape index (κ3) is 1.86. The summed E-state index contributed by atoms with van der Waals surface area (Å²) in [5.74, 6) is 0. The van der Waals surface area contributed by atoms with Crippen LogP contribution in [-0.2, 0) is 4.43 Å². The summed E-state index contributed by atoms with van der Waals surface area (Å²) in [5.41, 5.74) is 0. The molecule has 0 bridgehead atoms. The van der Waals surface area contributed by atoms with Crippen LogP contribution in [0.3, 0.4) is 0 Å². The van der Waals surface area contributed by atoms with Crippen LogP contribution in [-0.4, -0.2) is 25.8 Å². The van der Waals surface area contributed by atoms with Crippen molar-refractivity contribution >= 4 is 49.0 Å². The van der Waals surface area contributed by atoms with Crippen LogP contribution >= 0.6 is 34.3 Å². The van der Waals surface area contributed by atoms with Gasteiger partial charge in [0.25, 0.3) is 7.14 Å². The molecule has 1 fully saturated rings. The first kappa shape index (κ1) is 11.3.